The maximum absolute atomic E-state index is 7.81. The Morgan fingerprint density at radius 1 is 1.86 bits per heavy atom. The second-order valence-electron chi connectivity index (χ2n) is 1.04. The first kappa shape index (κ1) is 6.66. The molecule has 0 aromatic rings. The van der Waals surface area contributed by atoms with E-state index in [1.807, 2.05) is 13.2 Å². The Labute approximate surface area is 46.7 Å². The fourth-order valence-corrected chi connectivity index (χ4v) is 0.256. The number of rotatable bonds is 2. The average molecular weight is 117 g/mol. The molecule has 0 radical (unpaired) electrons. The van der Waals surface area contributed by atoms with Crippen LogP contribution in [-0.2, 0) is 0 Å². The molecule has 40 valence electrons. The van der Waals surface area contributed by atoms with E-state index in [4.69, 9.17) is 5.53 Å². The predicted octanol–water partition coefficient (Wildman–Crippen LogP) is 2.01. The molecule has 0 saturated heterocycles. The van der Waals surface area contributed by atoms with Gasteiger partial charge in [0.2, 0.25) is 0 Å². The highest BCUT2D eigenvalue weighted by atomic mass is 32.2. The van der Waals surface area contributed by atoms with E-state index in [1.54, 1.807) is 0 Å². The summed E-state index contributed by atoms with van der Waals surface area (Å²) < 4.78 is 0. The van der Waals surface area contributed by atoms with Crippen molar-refractivity contribution in [1.82, 2.24) is 0 Å². The minimum absolute atomic E-state index is 0.0741. The molecule has 0 aromatic carbocycles. The zero-order chi connectivity index (χ0) is 5.70. The van der Waals surface area contributed by atoms with Crippen LogP contribution < -0.4 is 0 Å². The summed E-state index contributed by atoms with van der Waals surface area (Å²) in [4.78, 5) is 2.61. The van der Waals surface area contributed by atoms with Gasteiger partial charge in [0, 0.05) is 4.91 Å². The van der Waals surface area contributed by atoms with Gasteiger partial charge in [-0.3, -0.25) is 0 Å². The third-order valence-electron chi connectivity index (χ3n) is 0.555. The summed E-state index contributed by atoms with van der Waals surface area (Å²) in [5, 5.41) is 3.46. The summed E-state index contributed by atoms with van der Waals surface area (Å²) in [5.41, 5.74) is 7.81. The number of hydrogen-bond donors (Lipinski definition) is 0. The Morgan fingerprint density at radius 2 is 2.43 bits per heavy atom. The molecule has 3 nitrogen and oxygen atoms in total. The molecule has 0 heterocycles. The van der Waals surface area contributed by atoms with Gasteiger partial charge in [0.25, 0.3) is 0 Å². The summed E-state index contributed by atoms with van der Waals surface area (Å²) >= 11 is 1.53. The van der Waals surface area contributed by atoms with E-state index in [0.717, 1.165) is 0 Å². The smallest absolute Gasteiger partial charge is 0.0802 e. The van der Waals surface area contributed by atoms with Crippen molar-refractivity contribution in [2.45, 2.75) is 12.3 Å². The quantitative estimate of drug-likeness (QED) is 0.310. The molecule has 0 spiro atoms. The third kappa shape index (κ3) is 3.49. The summed E-state index contributed by atoms with van der Waals surface area (Å²) in [7, 11) is 0. The van der Waals surface area contributed by atoms with Gasteiger partial charge in [-0.25, -0.2) is 0 Å². The van der Waals surface area contributed by atoms with E-state index >= 15 is 0 Å². The van der Waals surface area contributed by atoms with Crippen LogP contribution in [0.3, 0.4) is 0 Å². The Kier molecular flexibility index (Phi) is 3.65. The fourth-order valence-electron chi connectivity index (χ4n) is 0.120. The van der Waals surface area contributed by atoms with Crippen molar-refractivity contribution < 1.29 is 0 Å². The van der Waals surface area contributed by atoms with Crippen molar-refractivity contribution in [3.63, 3.8) is 0 Å². The summed E-state index contributed by atoms with van der Waals surface area (Å²) in [6.45, 7) is 1.85. The van der Waals surface area contributed by atoms with Crippen LogP contribution in [0.1, 0.15) is 6.92 Å². The second-order valence-corrected chi connectivity index (χ2v) is 2.19. The maximum Gasteiger partial charge on any atom is 0.0802 e. The molecule has 0 bridgehead atoms. The molecule has 0 unspecified atom stereocenters. The molecule has 0 rings (SSSR count). The van der Waals surface area contributed by atoms with E-state index in [9.17, 15) is 0 Å². The summed E-state index contributed by atoms with van der Waals surface area (Å²) in [6.07, 6.45) is 1.90. The van der Waals surface area contributed by atoms with Gasteiger partial charge in [0.05, 0.1) is 5.37 Å². The van der Waals surface area contributed by atoms with Gasteiger partial charge in [-0.05, 0) is 18.7 Å². The summed E-state index contributed by atoms with van der Waals surface area (Å²) in [6, 6.07) is 0. The van der Waals surface area contributed by atoms with Crippen LogP contribution in [0, 0.1) is 0 Å². The Hall–Kier alpha value is -0.340. The van der Waals surface area contributed by atoms with Crippen LogP contribution in [0.5, 0.6) is 0 Å². The standard InChI is InChI=1S/C3H7N3S/c1-3(7-2)5-6-4/h3H,1-2H3/t3-/m0/s1. The first-order chi connectivity index (χ1) is 3.31. The Balaban J connectivity index is 3.35. The first-order valence-corrected chi connectivity index (χ1v) is 3.17. The first-order valence-electron chi connectivity index (χ1n) is 1.88. The molecule has 0 aliphatic heterocycles. The molecule has 0 aliphatic rings. The van der Waals surface area contributed by atoms with Crippen molar-refractivity contribution in [2.75, 3.05) is 6.26 Å². The van der Waals surface area contributed by atoms with Crippen molar-refractivity contribution in [2.24, 2.45) is 5.11 Å². The number of nitrogens with zero attached hydrogens (tertiary/aromatic N) is 3. The number of azide groups is 1. The topological polar surface area (TPSA) is 48.8 Å². The molecule has 0 aromatic heterocycles. The zero-order valence-corrected chi connectivity index (χ0v) is 5.14. The lowest BCUT2D eigenvalue weighted by molar-refractivity contribution is 1.03. The molecule has 4 heteroatoms. The molecular formula is C3H7N3S. The zero-order valence-electron chi connectivity index (χ0n) is 4.33. The number of thioether (sulfide) groups is 1. The SMILES string of the molecule is CS[C@@H](C)N=[N+]=[N-]. The van der Waals surface area contributed by atoms with Gasteiger partial charge in [-0.2, -0.15) is 11.8 Å². The lowest BCUT2D eigenvalue weighted by atomic mass is 10.8. The highest BCUT2D eigenvalue weighted by Crippen LogP contribution is 2.04. The van der Waals surface area contributed by atoms with E-state index in [-0.39, 0.29) is 5.37 Å². The molecule has 7 heavy (non-hydrogen) atoms. The lowest BCUT2D eigenvalue weighted by Crippen LogP contribution is -1.82. The normalized spacial score (nSPS) is 12.3. The minimum atomic E-state index is 0.0741. The molecule has 0 aliphatic carbocycles. The van der Waals surface area contributed by atoms with E-state index in [2.05, 4.69) is 10.0 Å². The molecule has 1 atom stereocenters. The monoisotopic (exact) mass is 117 g/mol. The van der Waals surface area contributed by atoms with Gasteiger partial charge in [0.1, 0.15) is 0 Å². The summed E-state index contributed by atoms with van der Waals surface area (Å²) in [5.74, 6) is 0. The van der Waals surface area contributed by atoms with Gasteiger partial charge < -0.3 is 0 Å². The van der Waals surface area contributed by atoms with Gasteiger partial charge in [-0.1, -0.05) is 5.11 Å². The Bertz CT molecular complexity index is 86.2. The lowest BCUT2D eigenvalue weighted by Gasteiger charge is -1.92. The van der Waals surface area contributed by atoms with E-state index < -0.39 is 0 Å². The van der Waals surface area contributed by atoms with Crippen LogP contribution >= 0.6 is 11.8 Å². The minimum Gasteiger partial charge on any atom is -0.156 e. The van der Waals surface area contributed by atoms with E-state index in [0.29, 0.717) is 0 Å². The van der Waals surface area contributed by atoms with Gasteiger partial charge >= 0.3 is 0 Å². The maximum atomic E-state index is 7.81. The highest BCUT2D eigenvalue weighted by molar-refractivity contribution is 7.99. The second kappa shape index (κ2) is 3.84. The highest BCUT2D eigenvalue weighted by Gasteiger charge is 1.88. The van der Waals surface area contributed by atoms with Crippen molar-refractivity contribution in [3.8, 4) is 0 Å². The van der Waals surface area contributed by atoms with Crippen LogP contribution in [0.25, 0.3) is 10.4 Å². The van der Waals surface area contributed by atoms with Gasteiger partial charge in [0.15, 0.2) is 0 Å². The van der Waals surface area contributed by atoms with Crippen LogP contribution in [0.15, 0.2) is 5.11 Å². The van der Waals surface area contributed by atoms with Gasteiger partial charge in [-0.15, -0.1) is 0 Å². The van der Waals surface area contributed by atoms with Crippen molar-refractivity contribution in [1.29, 1.82) is 0 Å². The molecule has 0 fully saturated rings. The van der Waals surface area contributed by atoms with Crippen LogP contribution in [-0.4, -0.2) is 11.6 Å². The molecule has 0 amide bonds. The largest absolute Gasteiger partial charge is 0.156 e. The van der Waals surface area contributed by atoms with E-state index in [1.165, 1.54) is 11.8 Å². The van der Waals surface area contributed by atoms with Crippen molar-refractivity contribution >= 4 is 11.8 Å². The molecule has 0 N–H and O–H groups in total. The van der Waals surface area contributed by atoms with Crippen LogP contribution in [0.4, 0.5) is 0 Å². The third-order valence-corrected chi connectivity index (χ3v) is 1.33. The molecular weight excluding hydrogens is 110 g/mol. The predicted molar refractivity (Wildman–Crippen MR) is 32.1 cm³/mol. The van der Waals surface area contributed by atoms with Crippen molar-refractivity contribution in [3.05, 3.63) is 10.4 Å². The molecule has 0 saturated carbocycles. The number of hydrogen-bond acceptors (Lipinski definition) is 2. The Morgan fingerprint density at radius 3 is 2.57 bits per heavy atom. The average Bonchev–Trinajstić information content (AvgIpc) is 1.68. The van der Waals surface area contributed by atoms with Crippen LogP contribution in [0.2, 0.25) is 0 Å². The fraction of sp³-hybridized carbons (Fsp3) is 1.00.